The Balaban J connectivity index is 2.50. The third kappa shape index (κ3) is 6.02. The SMILES string of the molecule is CC(C)[Si](OC(CCc1ccccc1)c1ccc(O)c(C(C)(C)C)c1)(C(C)C)C(C)C. The molecule has 0 amide bonds. The van der Waals surface area contributed by atoms with Crippen LogP contribution in [0.1, 0.15) is 91.5 Å². The summed E-state index contributed by atoms with van der Waals surface area (Å²) in [6, 6.07) is 16.8. The van der Waals surface area contributed by atoms with Crippen molar-refractivity contribution in [2.24, 2.45) is 0 Å². The first-order chi connectivity index (χ1) is 14.4. The lowest BCUT2D eigenvalue weighted by Gasteiger charge is -2.45. The van der Waals surface area contributed by atoms with Gasteiger partial charge >= 0.3 is 0 Å². The Hall–Kier alpha value is -1.58. The smallest absolute Gasteiger partial charge is 0.201 e. The largest absolute Gasteiger partial charge is 0.508 e. The maximum Gasteiger partial charge on any atom is 0.201 e. The summed E-state index contributed by atoms with van der Waals surface area (Å²) >= 11 is 0. The number of aromatic hydroxyl groups is 1. The zero-order valence-corrected chi connectivity index (χ0v) is 22.2. The third-order valence-corrected chi connectivity index (χ3v) is 12.9. The van der Waals surface area contributed by atoms with Crippen LogP contribution >= 0.6 is 0 Å². The Morgan fingerprint density at radius 2 is 1.39 bits per heavy atom. The molecule has 2 aromatic rings. The summed E-state index contributed by atoms with van der Waals surface area (Å²) < 4.78 is 7.30. The van der Waals surface area contributed by atoms with Gasteiger partial charge in [0.2, 0.25) is 8.32 Å². The molecule has 2 aromatic carbocycles. The second-order valence-corrected chi connectivity index (χ2v) is 16.4. The molecule has 0 spiro atoms. The van der Waals surface area contributed by atoms with E-state index >= 15 is 0 Å². The second-order valence-electron chi connectivity index (χ2n) is 11.0. The monoisotopic (exact) mass is 440 g/mol. The van der Waals surface area contributed by atoms with Gasteiger partial charge in [0.1, 0.15) is 5.75 Å². The fourth-order valence-corrected chi connectivity index (χ4v) is 10.8. The average molecular weight is 441 g/mol. The van der Waals surface area contributed by atoms with Gasteiger partial charge in [-0.05, 0) is 63.7 Å². The van der Waals surface area contributed by atoms with Crippen LogP contribution in [0.5, 0.6) is 5.75 Å². The highest BCUT2D eigenvalue weighted by Crippen LogP contribution is 2.46. The quantitative estimate of drug-likeness (QED) is 0.396. The molecule has 2 rings (SSSR count). The summed E-state index contributed by atoms with van der Waals surface area (Å²) in [5.41, 5.74) is 5.01. The van der Waals surface area contributed by atoms with Crippen molar-refractivity contribution in [3.05, 3.63) is 65.2 Å². The second kappa shape index (κ2) is 10.4. The van der Waals surface area contributed by atoms with Crippen molar-refractivity contribution in [1.82, 2.24) is 0 Å². The van der Waals surface area contributed by atoms with Crippen LogP contribution in [0.3, 0.4) is 0 Å². The first-order valence-electron chi connectivity index (χ1n) is 11.9. The minimum absolute atomic E-state index is 0.0285. The van der Waals surface area contributed by atoms with E-state index in [4.69, 9.17) is 4.43 Å². The van der Waals surface area contributed by atoms with E-state index in [1.807, 2.05) is 6.07 Å². The van der Waals surface area contributed by atoms with Gasteiger partial charge in [0.15, 0.2) is 0 Å². The lowest BCUT2D eigenvalue weighted by atomic mass is 9.84. The molecule has 0 aliphatic rings. The average Bonchev–Trinajstić information content (AvgIpc) is 2.68. The number of aryl methyl sites for hydroxylation is 1. The minimum Gasteiger partial charge on any atom is -0.508 e. The summed E-state index contributed by atoms with van der Waals surface area (Å²) in [5.74, 6) is 0.373. The molecule has 0 radical (unpaired) electrons. The molecule has 0 aliphatic carbocycles. The van der Waals surface area contributed by atoms with Gasteiger partial charge < -0.3 is 9.53 Å². The van der Waals surface area contributed by atoms with E-state index in [0.717, 1.165) is 18.4 Å². The van der Waals surface area contributed by atoms with Gasteiger partial charge in [-0.2, -0.15) is 0 Å². The maximum absolute atomic E-state index is 10.5. The Kier molecular flexibility index (Phi) is 8.58. The first kappa shape index (κ1) is 25.7. The zero-order chi connectivity index (χ0) is 23.4. The van der Waals surface area contributed by atoms with Crippen LogP contribution < -0.4 is 0 Å². The molecule has 2 nitrogen and oxygen atoms in total. The van der Waals surface area contributed by atoms with Gasteiger partial charge in [-0.1, -0.05) is 98.7 Å². The van der Waals surface area contributed by atoms with Gasteiger partial charge in [-0.3, -0.25) is 0 Å². The van der Waals surface area contributed by atoms with E-state index in [2.05, 4.69) is 105 Å². The van der Waals surface area contributed by atoms with Crippen LogP contribution in [0, 0.1) is 0 Å². The van der Waals surface area contributed by atoms with Gasteiger partial charge in [-0.15, -0.1) is 0 Å². The third-order valence-electron chi connectivity index (χ3n) is 6.79. The number of phenolic OH excluding ortho intramolecular Hbond substituents is 1. The lowest BCUT2D eigenvalue weighted by molar-refractivity contribution is 0.166. The van der Waals surface area contributed by atoms with E-state index in [1.165, 1.54) is 11.1 Å². The van der Waals surface area contributed by atoms with Gasteiger partial charge in [0.05, 0.1) is 6.10 Å². The molecule has 0 bridgehead atoms. The van der Waals surface area contributed by atoms with E-state index in [-0.39, 0.29) is 11.5 Å². The summed E-state index contributed by atoms with van der Waals surface area (Å²) in [6.45, 7) is 20.5. The van der Waals surface area contributed by atoms with Crippen LogP contribution in [-0.2, 0) is 16.3 Å². The van der Waals surface area contributed by atoms with Crippen LogP contribution in [0.2, 0.25) is 16.6 Å². The number of phenols is 1. The normalized spacial score (nSPS) is 13.9. The Labute approximate surface area is 192 Å². The summed E-state index contributed by atoms with van der Waals surface area (Å²) in [6.07, 6.45) is 1.95. The first-order valence-corrected chi connectivity index (χ1v) is 14.1. The predicted octanol–water partition coefficient (Wildman–Crippen LogP) is 8.56. The highest BCUT2D eigenvalue weighted by molar-refractivity contribution is 6.77. The van der Waals surface area contributed by atoms with Gasteiger partial charge in [0, 0.05) is 0 Å². The zero-order valence-electron chi connectivity index (χ0n) is 21.2. The van der Waals surface area contributed by atoms with Crippen LogP contribution in [-0.4, -0.2) is 13.4 Å². The fraction of sp³-hybridized carbons (Fsp3) is 0.571. The summed E-state index contributed by atoms with van der Waals surface area (Å²) in [7, 11) is -2.05. The Bertz CT molecular complexity index is 797. The van der Waals surface area contributed by atoms with E-state index in [0.29, 0.717) is 22.4 Å². The topological polar surface area (TPSA) is 29.5 Å². The molecule has 0 saturated heterocycles. The molecule has 3 heteroatoms. The van der Waals surface area contributed by atoms with E-state index < -0.39 is 8.32 Å². The highest BCUT2D eigenvalue weighted by atomic mass is 28.4. The Morgan fingerprint density at radius 3 is 1.87 bits per heavy atom. The summed E-state index contributed by atoms with van der Waals surface area (Å²) in [4.78, 5) is 0. The number of benzene rings is 2. The molecule has 1 N–H and O–H groups in total. The standard InChI is InChI=1S/C28H44O2Si/c1-20(2)31(21(3)4,22(5)6)30-27(18-15-23-13-11-10-12-14-23)24-16-17-26(29)25(19-24)28(7,8)9/h10-14,16-17,19-22,27,29H,15,18H2,1-9H3. The lowest BCUT2D eigenvalue weighted by Crippen LogP contribution is -2.48. The Morgan fingerprint density at radius 1 is 0.839 bits per heavy atom. The molecule has 1 atom stereocenters. The molecule has 31 heavy (non-hydrogen) atoms. The molecule has 0 aromatic heterocycles. The molecule has 0 heterocycles. The molecule has 1 unspecified atom stereocenters. The number of hydrogen-bond donors (Lipinski definition) is 1. The van der Waals surface area contributed by atoms with Crippen molar-refractivity contribution in [2.45, 2.75) is 103 Å². The minimum atomic E-state index is -2.05. The van der Waals surface area contributed by atoms with Crippen LogP contribution in [0.15, 0.2) is 48.5 Å². The van der Waals surface area contributed by atoms with E-state index in [9.17, 15) is 5.11 Å². The molecule has 172 valence electrons. The van der Waals surface area contributed by atoms with Gasteiger partial charge in [0.25, 0.3) is 0 Å². The van der Waals surface area contributed by atoms with Crippen molar-refractivity contribution >= 4 is 8.32 Å². The molecular formula is C28H44O2Si. The van der Waals surface area contributed by atoms with Gasteiger partial charge in [-0.25, -0.2) is 0 Å². The number of hydrogen-bond acceptors (Lipinski definition) is 2. The van der Waals surface area contributed by atoms with Crippen LogP contribution in [0.4, 0.5) is 0 Å². The fourth-order valence-electron chi connectivity index (χ4n) is 5.25. The van der Waals surface area contributed by atoms with E-state index in [1.54, 1.807) is 0 Å². The van der Waals surface area contributed by atoms with Crippen molar-refractivity contribution in [2.75, 3.05) is 0 Å². The number of rotatable bonds is 9. The molecule has 0 aliphatic heterocycles. The van der Waals surface area contributed by atoms with Crippen LogP contribution in [0.25, 0.3) is 0 Å². The summed E-state index contributed by atoms with van der Waals surface area (Å²) in [5, 5.41) is 10.5. The van der Waals surface area contributed by atoms with Crippen molar-refractivity contribution < 1.29 is 9.53 Å². The molecular weight excluding hydrogens is 396 g/mol. The molecule has 0 fully saturated rings. The maximum atomic E-state index is 10.5. The van der Waals surface area contributed by atoms with Crippen molar-refractivity contribution in [3.63, 3.8) is 0 Å². The molecule has 0 saturated carbocycles. The highest BCUT2D eigenvalue weighted by Gasteiger charge is 2.46. The van der Waals surface area contributed by atoms with Crippen molar-refractivity contribution in [3.8, 4) is 5.75 Å². The predicted molar refractivity (Wildman–Crippen MR) is 136 cm³/mol. The van der Waals surface area contributed by atoms with Crippen molar-refractivity contribution in [1.29, 1.82) is 0 Å².